The number of halogens is 4. The van der Waals surface area contributed by atoms with Crippen molar-refractivity contribution in [1.82, 2.24) is 9.97 Å². The number of pyridine rings is 2. The number of esters is 1. The summed E-state index contributed by atoms with van der Waals surface area (Å²) in [4.78, 5) is 19.9. The Labute approximate surface area is 163 Å². The summed E-state index contributed by atoms with van der Waals surface area (Å²) in [5.41, 5.74) is -0.185. The third kappa shape index (κ3) is 4.58. The third-order valence-electron chi connectivity index (χ3n) is 3.69. The summed E-state index contributed by atoms with van der Waals surface area (Å²) in [6, 6.07) is 9.57. The average Bonchev–Trinajstić information content (AvgIpc) is 2.64. The number of anilines is 2. The SMILES string of the molecule is Cc1cc(Cl)ccc1Nc1nc(C(F)(F)F)ccc1C(=O)Oc1cccnc1. The lowest BCUT2D eigenvalue weighted by atomic mass is 10.1. The van der Waals surface area contributed by atoms with E-state index < -0.39 is 17.8 Å². The molecular weight excluding hydrogens is 395 g/mol. The van der Waals surface area contributed by atoms with Crippen LogP contribution in [-0.4, -0.2) is 15.9 Å². The van der Waals surface area contributed by atoms with Crippen LogP contribution in [0.4, 0.5) is 24.7 Å². The molecule has 0 aliphatic rings. The number of benzene rings is 1. The second kappa shape index (κ2) is 7.85. The third-order valence-corrected chi connectivity index (χ3v) is 3.93. The van der Waals surface area contributed by atoms with Crippen molar-refractivity contribution in [2.75, 3.05) is 5.32 Å². The predicted molar refractivity (Wildman–Crippen MR) is 97.9 cm³/mol. The zero-order valence-corrected chi connectivity index (χ0v) is 15.2. The first-order valence-corrected chi connectivity index (χ1v) is 8.35. The zero-order valence-electron chi connectivity index (χ0n) is 14.4. The number of aryl methyl sites for hydroxylation is 1. The highest BCUT2D eigenvalue weighted by atomic mass is 35.5. The summed E-state index contributed by atoms with van der Waals surface area (Å²) < 4.78 is 44.4. The van der Waals surface area contributed by atoms with Crippen LogP contribution in [0.3, 0.4) is 0 Å². The smallest absolute Gasteiger partial charge is 0.421 e. The van der Waals surface area contributed by atoms with Crippen LogP contribution in [0.2, 0.25) is 5.02 Å². The summed E-state index contributed by atoms with van der Waals surface area (Å²) in [6.07, 6.45) is -1.86. The Morgan fingerprint density at radius 1 is 1.18 bits per heavy atom. The highest BCUT2D eigenvalue weighted by Gasteiger charge is 2.34. The van der Waals surface area contributed by atoms with Crippen LogP contribution in [0.15, 0.2) is 54.9 Å². The van der Waals surface area contributed by atoms with Gasteiger partial charge in [-0.15, -0.1) is 0 Å². The number of alkyl halides is 3. The standard InChI is InChI=1S/C19H13ClF3N3O2/c1-11-9-12(20)4-6-15(11)25-17-14(5-7-16(26-17)19(21,22)23)18(27)28-13-3-2-8-24-10-13/h2-10H,1H3,(H,25,26). The quantitative estimate of drug-likeness (QED) is 0.585. The van der Waals surface area contributed by atoms with E-state index in [1.54, 1.807) is 31.2 Å². The number of carbonyl (C=O) groups excluding carboxylic acids is 1. The van der Waals surface area contributed by atoms with Gasteiger partial charge in [-0.1, -0.05) is 11.6 Å². The van der Waals surface area contributed by atoms with Crippen molar-refractivity contribution in [3.8, 4) is 5.75 Å². The van der Waals surface area contributed by atoms with Crippen molar-refractivity contribution in [2.45, 2.75) is 13.1 Å². The maximum absolute atomic E-state index is 13.1. The number of ether oxygens (including phenoxy) is 1. The van der Waals surface area contributed by atoms with Crippen LogP contribution in [0.1, 0.15) is 21.6 Å². The number of nitrogens with one attached hydrogen (secondary N) is 1. The topological polar surface area (TPSA) is 64.1 Å². The van der Waals surface area contributed by atoms with E-state index in [4.69, 9.17) is 16.3 Å². The molecule has 2 heterocycles. The Bertz CT molecular complexity index is 1010. The molecule has 0 fully saturated rings. The van der Waals surface area contributed by atoms with Gasteiger partial charge in [0.2, 0.25) is 0 Å². The molecule has 9 heteroatoms. The molecule has 28 heavy (non-hydrogen) atoms. The van der Waals surface area contributed by atoms with E-state index in [-0.39, 0.29) is 17.1 Å². The fourth-order valence-electron chi connectivity index (χ4n) is 2.34. The van der Waals surface area contributed by atoms with Crippen LogP contribution in [0.25, 0.3) is 0 Å². The summed E-state index contributed by atoms with van der Waals surface area (Å²) in [5.74, 6) is -1.00. The number of nitrogens with zero attached hydrogens (tertiary/aromatic N) is 2. The fourth-order valence-corrected chi connectivity index (χ4v) is 2.57. The van der Waals surface area contributed by atoms with Crippen molar-refractivity contribution < 1.29 is 22.7 Å². The van der Waals surface area contributed by atoms with Gasteiger partial charge >= 0.3 is 12.1 Å². The number of hydrogen-bond donors (Lipinski definition) is 1. The van der Waals surface area contributed by atoms with Gasteiger partial charge in [-0.05, 0) is 55.0 Å². The fraction of sp³-hybridized carbons (Fsp3) is 0.105. The minimum Gasteiger partial charge on any atom is -0.421 e. The summed E-state index contributed by atoms with van der Waals surface area (Å²) >= 11 is 5.90. The van der Waals surface area contributed by atoms with Gasteiger partial charge < -0.3 is 10.1 Å². The second-order valence-electron chi connectivity index (χ2n) is 5.75. The molecule has 0 spiro atoms. The van der Waals surface area contributed by atoms with Crippen LogP contribution in [0.5, 0.6) is 5.75 Å². The van der Waals surface area contributed by atoms with Crippen molar-refractivity contribution in [2.24, 2.45) is 0 Å². The molecule has 0 radical (unpaired) electrons. The van der Waals surface area contributed by atoms with E-state index in [0.29, 0.717) is 16.3 Å². The Balaban J connectivity index is 2.00. The van der Waals surface area contributed by atoms with E-state index in [0.717, 1.165) is 12.1 Å². The minimum absolute atomic E-state index is 0.154. The van der Waals surface area contributed by atoms with Crippen molar-refractivity contribution in [3.05, 3.63) is 76.7 Å². The van der Waals surface area contributed by atoms with Crippen LogP contribution >= 0.6 is 11.6 Å². The van der Waals surface area contributed by atoms with Gasteiger partial charge in [0.15, 0.2) is 0 Å². The first kappa shape index (κ1) is 19.6. The van der Waals surface area contributed by atoms with Gasteiger partial charge in [0, 0.05) is 16.9 Å². The Kier molecular flexibility index (Phi) is 5.51. The Morgan fingerprint density at radius 3 is 2.61 bits per heavy atom. The average molecular weight is 408 g/mol. The van der Waals surface area contributed by atoms with Crippen LogP contribution in [0, 0.1) is 6.92 Å². The molecule has 0 aliphatic carbocycles. The Hall–Kier alpha value is -3.13. The van der Waals surface area contributed by atoms with E-state index >= 15 is 0 Å². The molecule has 144 valence electrons. The lowest BCUT2D eigenvalue weighted by molar-refractivity contribution is -0.141. The minimum atomic E-state index is -4.67. The first-order chi connectivity index (χ1) is 13.2. The van der Waals surface area contributed by atoms with Gasteiger partial charge in [0.25, 0.3) is 0 Å². The van der Waals surface area contributed by atoms with E-state index in [1.807, 2.05) is 0 Å². The lowest BCUT2D eigenvalue weighted by Gasteiger charge is -2.15. The van der Waals surface area contributed by atoms with Gasteiger partial charge in [-0.3, -0.25) is 4.98 Å². The van der Waals surface area contributed by atoms with Gasteiger partial charge in [0.05, 0.1) is 6.20 Å². The molecule has 0 aliphatic heterocycles. The summed E-state index contributed by atoms with van der Waals surface area (Å²) in [5, 5.41) is 3.23. The summed E-state index contributed by atoms with van der Waals surface area (Å²) in [6.45, 7) is 1.72. The van der Waals surface area contributed by atoms with Gasteiger partial charge in [0.1, 0.15) is 22.8 Å². The molecule has 0 unspecified atom stereocenters. The molecule has 0 amide bonds. The Morgan fingerprint density at radius 2 is 1.96 bits per heavy atom. The highest BCUT2D eigenvalue weighted by Crippen LogP contribution is 2.31. The monoisotopic (exact) mass is 407 g/mol. The molecule has 1 aromatic carbocycles. The molecule has 3 aromatic rings. The zero-order chi connectivity index (χ0) is 20.3. The molecule has 0 saturated carbocycles. The number of carbonyl (C=O) groups is 1. The molecular formula is C19H13ClF3N3O2. The molecule has 1 N–H and O–H groups in total. The first-order valence-electron chi connectivity index (χ1n) is 7.97. The maximum atomic E-state index is 13.1. The van der Waals surface area contributed by atoms with Crippen LogP contribution in [-0.2, 0) is 6.18 Å². The van der Waals surface area contributed by atoms with Crippen molar-refractivity contribution in [1.29, 1.82) is 0 Å². The number of rotatable bonds is 4. The molecule has 0 bridgehead atoms. The van der Waals surface area contributed by atoms with Crippen molar-refractivity contribution in [3.63, 3.8) is 0 Å². The van der Waals surface area contributed by atoms with Gasteiger partial charge in [-0.2, -0.15) is 13.2 Å². The molecule has 3 rings (SSSR count). The predicted octanol–water partition coefficient (Wildman–Crippen LogP) is 5.42. The summed E-state index contributed by atoms with van der Waals surface area (Å²) in [7, 11) is 0. The largest absolute Gasteiger partial charge is 0.433 e. The van der Waals surface area contributed by atoms with Crippen molar-refractivity contribution >= 4 is 29.1 Å². The van der Waals surface area contributed by atoms with E-state index in [9.17, 15) is 18.0 Å². The van der Waals surface area contributed by atoms with Gasteiger partial charge in [-0.25, -0.2) is 9.78 Å². The molecule has 2 aromatic heterocycles. The van der Waals surface area contributed by atoms with Crippen LogP contribution < -0.4 is 10.1 Å². The molecule has 5 nitrogen and oxygen atoms in total. The molecule has 0 saturated heterocycles. The second-order valence-corrected chi connectivity index (χ2v) is 6.19. The number of aromatic nitrogens is 2. The highest BCUT2D eigenvalue weighted by molar-refractivity contribution is 6.30. The molecule has 0 atom stereocenters. The normalized spacial score (nSPS) is 11.2. The maximum Gasteiger partial charge on any atom is 0.433 e. The van der Waals surface area contributed by atoms with E-state index in [2.05, 4.69) is 15.3 Å². The number of hydrogen-bond acceptors (Lipinski definition) is 5. The van der Waals surface area contributed by atoms with E-state index in [1.165, 1.54) is 18.5 Å². The lowest BCUT2D eigenvalue weighted by Crippen LogP contribution is -2.16.